The number of ether oxygens (including phenoxy) is 1. The maximum atomic E-state index is 12.2. The largest absolute Gasteiger partial charge is 0.494 e. The summed E-state index contributed by atoms with van der Waals surface area (Å²) in [4.78, 5) is 12.2. The van der Waals surface area contributed by atoms with Gasteiger partial charge in [-0.25, -0.2) is 0 Å². The molecule has 1 aliphatic carbocycles. The molecule has 1 aliphatic rings. The minimum absolute atomic E-state index is 0. The van der Waals surface area contributed by atoms with Crippen molar-refractivity contribution >= 4 is 24.0 Å². The Morgan fingerprint density at radius 2 is 1.86 bits per heavy atom. The molecule has 1 aromatic carbocycles. The lowest BCUT2D eigenvalue weighted by Crippen LogP contribution is -2.48. The predicted octanol–water partition coefficient (Wildman–Crippen LogP) is 3.74. The molecule has 0 bridgehead atoms. The molecule has 124 valence electrons. The quantitative estimate of drug-likeness (QED) is 0.837. The van der Waals surface area contributed by atoms with Crippen LogP contribution in [0, 0.1) is 5.92 Å². The van der Waals surface area contributed by atoms with E-state index in [2.05, 4.69) is 19.2 Å². The normalized spacial score (nSPS) is 16.2. The second-order valence-corrected chi connectivity index (χ2v) is 6.37. The number of hydrogen-bond donors (Lipinski definition) is 2. The molecule has 3 N–H and O–H groups in total. The smallest absolute Gasteiger partial charge is 0.244 e. The molecule has 0 unspecified atom stereocenters. The summed E-state index contributed by atoms with van der Waals surface area (Å²) in [5, 5.41) is 2.91. The highest BCUT2D eigenvalue weighted by molar-refractivity contribution is 5.98. The fourth-order valence-corrected chi connectivity index (χ4v) is 2.54. The van der Waals surface area contributed by atoms with E-state index in [-0.39, 0.29) is 18.3 Å². The van der Waals surface area contributed by atoms with Crippen LogP contribution in [0.15, 0.2) is 24.3 Å². The molecule has 1 aromatic rings. The molecule has 0 radical (unpaired) electrons. The molecule has 4 nitrogen and oxygen atoms in total. The van der Waals surface area contributed by atoms with Crippen molar-refractivity contribution in [2.45, 2.75) is 51.5 Å². The van der Waals surface area contributed by atoms with Crippen molar-refractivity contribution in [1.29, 1.82) is 0 Å². The van der Waals surface area contributed by atoms with E-state index in [1.165, 1.54) is 0 Å². The monoisotopic (exact) mass is 326 g/mol. The average Bonchev–Trinajstić information content (AvgIpc) is 2.89. The van der Waals surface area contributed by atoms with Gasteiger partial charge in [-0.3, -0.25) is 4.79 Å². The Kier molecular flexibility index (Phi) is 7.17. The minimum atomic E-state index is -0.688. The van der Waals surface area contributed by atoms with Crippen molar-refractivity contribution in [2.24, 2.45) is 11.7 Å². The highest BCUT2D eigenvalue weighted by atomic mass is 35.5. The molecular weight excluding hydrogens is 300 g/mol. The van der Waals surface area contributed by atoms with Crippen LogP contribution in [-0.4, -0.2) is 18.1 Å². The van der Waals surface area contributed by atoms with Gasteiger partial charge in [-0.1, -0.05) is 26.7 Å². The Hall–Kier alpha value is -1.26. The van der Waals surface area contributed by atoms with Crippen LogP contribution < -0.4 is 15.8 Å². The first-order valence-corrected chi connectivity index (χ1v) is 7.83. The molecule has 0 atom stereocenters. The fourth-order valence-electron chi connectivity index (χ4n) is 2.54. The van der Waals surface area contributed by atoms with Crippen LogP contribution in [0.2, 0.25) is 0 Å². The maximum absolute atomic E-state index is 12.2. The minimum Gasteiger partial charge on any atom is -0.494 e. The number of nitrogens with two attached hydrogens (primary N) is 1. The van der Waals surface area contributed by atoms with Crippen molar-refractivity contribution in [3.63, 3.8) is 0 Å². The third kappa shape index (κ3) is 5.18. The van der Waals surface area contributed by atoms with E-state index >= 15 is 0 Å². The molecule has 1 amide bonds. The second-order valence-electron chi connectivity index (χ2n) is 6.37. The van der Waals surface area contributed by atoms with Crippen molar-refractivity contribution in [3.05, 3.63) is 24.3 Å². The topological polar surface area (TPSA) is 64.3 Å². The van der Waals surface area contributed by atoms with Gasteiger partial charge in [0.1, 0.15) is 5.75 Å². The zero-order valence-corrected chi connectivity index (χ0v) is 14.2. The van der Waals surface area contributed by atoms with Gasteiger partial charge < -0.3 is 15.8 Å². The van der Waals surface area contributed by atoms with Gasteiger partial charge in [0.05, 0.1) is 12.1 Å². The van der Waals surface area contributed by atoms with E-state index < -0.39 is 5.54 Å². The fraction of sp³-hybridized carbons (Fsp3) is 0.588. The first kappa shape index (κ1) is 18.8. The van der Waals surface area contributed by atoms with Gasteiger partial charge in [0, 0.05) is 5.69 Å². The first-order chi connectivity index (χ1) is 9.99. The van der Waals surface area contributed by atoms with Crippen LogP contribution in [0.25, 0.3) is 0 Å². The van der Waals surface area contributed by atoms with E-state index in [1.807, 2.05) is 24.3 Å². The van der Waals surface area contributed by atoms with Crippen molar-refractivity contribution in [1.82, 2.24) is 0 Å². The van der Waals surface area contributed by atoms with Crippen LogP contribution in [-0.2, 0) is 4.79 Å². The highest BCUT2D eigenvalue weighted by Gasteiger charge is 2.36. The van der Waals surface area contributed by atoms with Gasteiger partial charge in [-0.2, -0.15) is 0 Å². The Bertz CT molecular complexity index is 468. The van der Waals surface area contributed by atoms with Crippen LogP contribution >= 0.6 is 12.4 Å². The Morgan fingerprint density at radius 3 is 2.41 bits per heavy atom. The lowest BCUT2D eigenvalue weighted by Gasteiger charge is -2.22. The van der Waals surface area contributed by atoms with Crippen LogP contribution in [0.4, 0.5) is 5.69 Å². The molecule has 5 heteroatoms. The SMILES string of the molecule is CC(C)CCOc1ccc(NC(=O)C2(N)CCCC2)cc1.Cl. The molecule has 2 rings (SSSR count). The molecule has 22 heavy (non-hydrogen) atoms. The van der Waals surface area contributed by atoms with Crippen molar-refractivity contribution in [3.8, 4) is 5.75 Å². The molecule has 0 saturated heterocycles. The zero-order chi connectivity index (χ0) is 15.3. The molecule has 0 spiro atoms. The Labute approximate surface area is 139 Å². The standard InChI is InChI=1S/C17H26N2O2.ClH/c1-13(2)9-12-21-15-7-5-14(6-8-15)19-16(20)17(18)10-3-4-11-17;/h5-8,13H,3-4,9-12,18H2,1-2H3,(H,19,20);1H. The number of benzene rings is 1. The summed E-state index contributed by atoms with van der Waals surface area (Å²) in [5.41, 5.74) is 6.22. The van der Waals surface area contributed by atoms with Gasteiger partial charge in [-0.15, -0.1) is 12.4 Å². The molecule has 1 fully saturated rings. The lowest BCUT2D eigenvalue weighted by atomic mass is 9.98. The van der Waals surface area contributed by atoms with E-state index in [9.17, 15) is 4.79 Å². The summed E-state index contributed by atoms with van der Waals surface area (Å²) in [6.45, 7) is 5.07. The number of carbonyl (C=O) groups is 1. The van der Waals surface area contributed by atoms with Crippen LogP contribution in [0.3, 0.4) is 0 Å². The van der Waals surface area contributed by atoms with Crippen LogP contribution in [0.5, 0.6) is 5.75 Å². The van der Waals surface area contributed by atoms with Gasteiger partial charge >= 0.3 is 0 Å². The molecule has 0 heterocycles. The third-order valence-electron chi connectivity index (χ3n) is 4.02. The van der Waals surface area contributed by atoms with E-state index in [1.54, 1.807) is 0 Å². The number of carbonyl (C=O) groups excluding carboxylic acids is 1. The summed E-state index contributed by atoms with van der Waals surface area (Å²) in [7, 11) is 0. The summed E-state index contributed by atoms with van der Waals surface area (Å²) in [5.74, 6) is 1.39. The van der Waals surface area contributed by atoms with E-state index in [0.29, 0.717) is 5.92 Å². The number of nitrogens with one attached hydrogen (secondary N) is 1. The predicted molar refractivity (Wildman–Crippen MR) is 92.7 cm³/mol. The Morgan fingerprint density at radius 1 is 1.27 bits per heavy atom. The maximum Gasteiger partial charge on any atom is 0.244 e. The number of amides is 1. The van der Waals surface area contributed by atoms with E-state index in [4.69, 9.17) is 10.5 Å². The second kappa shape index (κ2) is 8.39. The highest BCUT2D eigenvalue weighted by Crippen LogP contribution is 2.28. The van der Waals surface area contributed by atoms with E-state index in [0.717, 1.165) is 50.1 Å². The van der Waals surface area contributed by atoms with Crippen molar-refractivity contribution in [2.75, 3.05) is 11.9 Å². The zero-order valence-electron chi connectivity index (χ0n) is 13.4. The molecule has 1 saturated carbocycles. The summed E-state index contributed by atoms with van der Waals surface area (Å²) < 4.78 is 5.66. The van der Waals surface area contributed by atoms with Gasteiger partial charge in [0.25, 0.3) is 0 Å². The average molecular weight is 327 g/mol. The molecule has 0 aliphatic heterocycles. The van der Waals surface area contributed by atoms with Crippen LogP contribution in [0.1, 0.15) is 46.0 Å². The summed E-state index contributed by atoms with van der Waals surface area (Å²) in [6.07, 6.45) is 4.65. The number of hydrogen-bond acceptors (Lipinski definition) is 3. The third-order valence-corrected chi connectivity index (χ3v) is 4.02. The first-order valence-electron chi connectivity index (χ1n) is 7.83. The van der Waals surface area contributed by atoms with Crippen molar-refractivity contribution < 1.29 is 9.53 Å². The molecular formula is C17H27ClN2O2. The number of anilines is 1. The van der Waals surface area contributed by atoms with Gasteiger partial charge in [0.2, 0.25) is 5.91 Å². The molecule has 0 aromatic heterocycles. The number of halogens is 1. The van der Waals surface area contributed by atoms with Gasteiger partial charge in [-0.05, 0) is 49.4 Å². The lowest BCUT2D eigenvalue weighted by molar-refractivity contribution is -0.121. The Balaban J connectivity index is 0.00000242. The number of rotatable bonds is 6. The summed E-state index contributed by atoms with van der Waals surface area (Å²) >= 11 is 0. The van der Waals surface area contributed by atoms with Gasteiger partial charge in [0.15, 0.2) is 0 Å². The summed E-state index contributed by atoms with van der Waals surface area (Å²) in [6, 6.07) is 7.49.